The molecule has 0 bridgehead atoms. The van der Waals surface area contributed by atoms with Crippen molar-refractivity contribution in [2.75, 3.05) is 33.3 Å². The zero-order valence-electron chi connectivity index (χ0n) is 20.6. The van der Waals surface area contributed by atoms with E-state index in [0.29, 0.717) is 44.0 Å². The minimum atomic E-state index is -0.129. The number of rotatable bonds is 4. The van der Waals surface area contributed by atoms with E-state index in [1.165, 1.54) is 0 Å². The molecule has 36 heavy (non-hydrogen) atoms. The molecule has 0 spiro atoms. The molecule has 1 aliphatic rings. The van der Waals surface area contributed by atoms with Crippen LogP contribution in [-0.4, -0.2) is 50.0 Å². The molecule has 0 radical (unpaired) electrons. The van der Waals surface area contributed by atoms with Crippen LogP contribution in [0.2, 0.25) is 0 Å². The number of methoxy groups -OCH3 is 1. The molecule has 192 valence electrons. The molecule has 1 unspecified atom stereocenters. The summed E-state index contributed by atoms with van der Waals surface area (Å²) in [6.07, 6.45) is 2.85. The summed E-state index contributed by atoms with van der Waals surface area (Å²) in [5.74, 6) is 1.56. The Bertz CT molecular complexity index is 1120. The van der Waals surface area contributed by atoms with Crippen LogP contribution in [-0.2, 0) is 4.79 Å². The summed E-state index contributed by atoms with van der Waals surface area (Å²) < 4.78 is 11.2. The van der Waals surface area contributed by atoms with Gasteiger partial charge < -0.3 is 24.7 Å². The second-order valence-electron chi connectivity index (χ2n) is 8.72. The van der Waals surface area contributed by atoms with E-state index < -0.39 is 0 Å². The van der Waals surface area contributed by atoms with E-state index in [2.05, 4.69) is 10.6 Å². The Kier molecular flexibility index (Phi) is 10.4. The average molecular weight is 512 g/mol. The van der Waals surface area contributed by atoms with E-state index in [-0.39, 0.29) is 30.3 Å². The SMILES string of the molecule is COc1cccc(-c2ccc(C(=O)N3CCCCNC(c4ccccc4)CC(=O)NCCC3)o2)c1.Cl. The van der Waals surface area contributed by atoms with E-state index in [0.717, 1.165) is 36.3 Å². The van der Waals surface area contributed by atoms with Gasteiger partial charge in [-0.3, -0.25) is 9.59 Å². The number of hydrogen-bond donors (Lipinski definition) is 2. The van der Waals surface area contributed by atoms with E-state index >= 15 is 0 Å². The van der Waals surface area contributed by atoms with Crippen LogP contribution in [0.1, 0.15) is 47.8 Å². The standard InChI is InChI=1S/C28H33N3O4.ClH/c1-34-23-12-7-11-22(19-23)25-13-14-26(35-25)28(33)31-17-6-5-15-29-24(21-9-3-2-4-10-21)20-27(32)30-16-8-18-31;/h2-4,7,9-14,19,24,29H,5-6,8,15-18,20H2,1H3,(H,30,32);1H. The van der Waals surface area contributed by atoms with Gasteiger partial charge >= 0.3 is 0 Å². The number of halogens is 1. The highest BCUT2D eigenvalue weighted by Crippen LogP contribution is 2.26. The Balaban J connectivity index is 0.00000361. The topological polar surface area (TPSA) is 83.8 Å². The van der Waals surface area contributed by atoms with Gasteiger partial charge in [0, 0.05) is 37.7 Å². The van der Waals surface area contributed by atoms with Crippen molar-refractivity contribution in [2.45, 2.75) is 31.7 Å². The van der Waals surface area contributed by atoms with Gasteiger partial charge in [-0.15, -0.1) is 12.4 Å². The normalized spacial score (nSPS) is 17.5. The molecule has 4 rings (SSSR count). The molecule has 0 saturated carbocycles. The average Bonchev–Trinajstić information content (AvgIpc) is 3.39. The molecule has 8 heteroatoms. The van der Waals surface area contributed by atoms with Gasteiger partial charge in [0.25, 0.3) is 5.91 Å². The fourth-order valence-corrected chi connectivity index (χ4v) is 4.31. The molecule has 2 amide bonds. The van der Waals surface area contributed by atoms with Gasteiger partial charge in [-0.25, -0.2) is 0 Å². The maximum absolute atomic E-state index is 13.3. The maximum atomic E-state index is 13.3. The van der Waals surface area contributed by atoms with E-state index in [1.54, 1.807) is 13.2 Å². The van der Waals surface area contributed by atoms with Crippen molar-refractivity contribution in [3.05, 3.63) is 78.1 Å². The summed E-state index contributed by atoms with van der Waals surface area (Å²) >= 11 is 0. The molecule has 0 aliphatic carbocycles. The van der Waals surface area contributed by atoms with Crippen molar-refractivity contribution >= 4 is 24.2 Å². The summed E-state index contributed by atoms with van der Waals surface area (Å²) in [5, 5.41) is 6.52. The number of hydrogen-bond acceptors (Lipinski definition) is 5. The Hall–Kier alpha value is -3.29. The third-order valence-electron chi connectivity index (χ3n) is 6.22. The van der Waals surface area contributed by atoms with Crippen LogP contribution in [0.4, 0.5) is 0 Å². The number of benzene rings is 2. The highest BCUT2D eigenvalue weighted by molar-refractivity contribution is 5.92. The highest BCUT2D eigenvalue weighted by atomic mass is 35.5. The summed E-state index contributed by atoms with van der Waals surface area (Å²) in [4.78, 5) is 27.6. The first-order chi connectivity index (χ1) is 17.1. The van der Waals surface area contributed by atoms with Crippen LogP contribution >= 0.6 is 12.4 Å². The Morgan fingerprint density at radius 1 is 0.972 bits per heavy atom. The van der Waals surface area contributed by atoms with Gasteiger partial charge in [0.1, 0.15) is 11.5 Å². The fourth-order valence-electron chi connectivity index (χ4n) is 4.31. The fraction of sp³-hybridized carbons (Fsp3) is 0.357. The second-order valence-corrected chi connectivity index (χ2v) is 8.72. The first-order valence-corrected chi connectivity index (χ1v) is 12.2. The molecule has 2 heterocycles. The predicted molar refractivity (Wildman–Crippen MR) is 143 cm³/mol. The lowest BCUT2D eigenvalue weighted by molar-refractivity contribution is -0.121. The van der Waals surface area contributed by atoms with Crippen molar-refractivity contribution in [1.82, 2.24) is 15.5 Å². The van der Waals surface area contributed by atoms with Gasteiger partial charge in [0.2, 0.25) is 5.91 Å². The molecular formula is C28H34ClN3O4. The van der Waals surface area contributed by atoms with Crippen molar-refractivity contribution in [2.24, 2.45) is 0 Å². The lowest BCUT2D eigenvalue weighted by atomic mass is 10.0. The van der Waals surface area contributed by atoms with Gasteiger partial charge in [0.15, 0.2) is 5.76 Å². The molecule has 1 fully saturated rings. The highest BCUT2D eigenvalue weighted by Gasteiger charge is 2.21. The molecule has 2 N–H and O–H groups in total. The zero-order valence-corrected chi connectivity index (χ0v) is 21.4. The lowest BCUT2D eigenvalue weighted by Crippen LogP contribution is -2.35. The number of carbonyl (C=O) groups is 2. The smallest absolute Gasteiger partial charge is 0.289 e. The van der Waals surface area contributed by atoms with E-state index in [1.807, 2.05) is 65.6 Å². The van der Waals surface area contributed by atoms with Crippen LogP contribution in [0.15, 0.2) is 71.1 Å². The Morgan fingerprint density at radius 3 is 2.58 bits per heavy atom. The van der Waals surface area contributed by atoms with Gasteiger partial charge in [-0.2, -0.15) is 0 Å². The van der Waals surface area contributed by atoms with Crippen LogP contribution in [0.5, 0.6) is 5.75 Å². The number of furan rings is 1. The third-order valence-corrected chi connectivity index (χ3v) is 6.22. The third kappa shape index (κ3) is 7.35. The van der Waals surface area contributed by atoms with Crippen molar-refractivity contribution in [1.29, 1.82) is 0 Å². The predicted octanol–water partition coefficient (Wildman–Crippen LogP) is 4.84. The monoisotopic (exact) mass is 511 g/mol. The molecular weight excluding hydrogens is 478 g/mol. The summed E-state index contributed by atoms with van der Waals surface area (Å²) in [6.45, 7) is 2.50. The zero-order chi connectivity index (χ0) is 24.5. The number of nitrogens with one attached hydrogen (secondary N) is 2. The second kappa shape index (κ2) is 13.7. The van der Waals surface area contributed by atoms with Gasteiger partial charge in [-0.1, -0.05) is 42.5 Å². The first kappa shape index (κ1) is 27.3. The summed E-state index contributed by atoms with van der Waals surface area (Å²) in [7, 11) is 1.62. The molecule has 1 aromatic heterocycles. The molecule has 1 atom stereocenters. The lowest BCUT2D eigenvalue weighted by Gasteiger charge is -2.21. The molecule has 3 aromatic rings. The Labute approximate surface area is 218 Å². The number of amides is 2. The molecule has 1 aliphatic heterocycles. The maximum Gasteiger partial charge on any atom is 0.289 e. The first-order valence-electron chi connectivity index (χ1n) is 12.2. The number of nitrogens with zero attached hydrogens (tertiary/aromatic N) is 1. The molecule has 7 nitrogen and oxygen atoms in total. The van der Waals surface area contributed by atoms with Gasteiger partial charge in [0.05, 0.1) is 7.11 Å². The van der Waals surface area contributed by atoms with Crippen molar-refractivity contribution in [3.63, 3.8) is 0 Å². The summed E-state index contributed by atoms with van der Waals surface area (Å²) in [5.41, 5.74) is 1.97. The van der Waals surface area contributed by atoms with Gasteiger partial charge in [-0.05, 0) is 55.6 Å². The van der Waals surface area contributed by atoms with Crippen LogP contribution in [0.25, 0.3) is 11.3 Å². The molecule has 1 saturated heterocycles. The minimum Gasteiger partial charge on any atom is -0.497 e. The van der Waals surface area contributed by atoms with Crippen LogP contribution in [0, 0.1) is 0 Å². The largest absolute Gasteiger partial charge is 0.497 e. The van der Waals surface area contributed by atoms with Crippen LogP contribution in [0.3, 0.4) is 0 Å². The molecule has 2 aromatic carbocycles. The number of carbonyl (C=O) groups excluding carboxylic acids is 2. The minimum absolute atomic E-state index is 0. The van der Waals surface area contributed by atoms with Crippen molar-refractivity contribution in [3.8, 4) is 17.1 Å². The van der Waals surface area contributed by atoms with Crippen LogP contribution < -0.4 is 15.4 Å². The van der Waals surface area contributed by atoms with E-state index in [4.69, 9.17) is 9.15 Å². The quantitative estimate of drug-likeness (QED) is 0.523. The summed E-state index contributed by atoms with van der Waals surface area (Å²) in [6, 6.07) is 21.1. The van der Waals surface area contributed by atoms with Crippen molar-refractivity contribution < 1.29 is 18.7 Å². The Morgan fingerprint density at radius 2 is 1.78 bits per heavy atom. The van der Waals surface area contributed by atoms with E-state index in [9.17, 15) is 9.59 Å². The number of ether oxygens (including phenoxy) is 1.